The molecule has 0 saturated carbocycles. The lowest BCUT2D eigenvalue weighted by molar-refractivity contribution is -0.274. The number of aromatic nitrogens is 4. The zero-order valence-corrected chi connectivity index (χ0v) is 17.7. The van der Waals surface area contributed by atoms with Crippen molar-refractivity contribution in [3.63, 3.8) is 0 Å². The number of alkyl halides is 3. The van der Waals surface area contributed by atoms with Gasteiger partial charge in [0.25, 0.3) is 0 Å². The lowest BCUT2D eigenvalue weighted by Crippen LogP contribution is -2.20. The van der Waals surface area contributed by atoms with Gasteiger partial charge in [-0.05, 0) is 36.4 Å². The number of nitrogens with zero attached hydrogens (tertiary/aromatic N) is 4. The summed E-state index contributed by atoms with van der Waals surface area (Å²) in [5.74, 6) is -0.585. The van der Waals surface area contributed by atoms with Crippen LogP contribution in [0.5, 0.6) is 5.75 Å². The normalized spacial score (nSPS) is 11.2. The van der Waals surface area contributed by atoms with Gasteiger partial charge in [-0.3, -0.25) is 14.3 Å². The number of thioether (sulfide) groups is 1. The molecule has 0 saturated heterocycles. The van der Waals surface area contributed by atoms with Crippen LogP contribution in [0.2, 0.25) is 0 Å². The van der Waals surface area contributed by atoms with Gasteiger partial charge in [0, 0.05) is 23.6 Å². The molecule has 11 heteroatoms. The number of amides is 1. The molecule has 2 heterocycles. The van der Waals surface area contributed by atoms with Crippen molar-refractivity contribution in [3.8, 4) is 22.8 Å². The molecule has 7 nitrogen and oxygen atoms in total. The first-order chi connectivity index (χ1) is 15.9. The van der Waals surface area contributed by atoms with E-state index in [9.17, 15) is 18.0 Å². The Morgan fingerprint density at radius 3 is 2.48 bits per heavy atom. The van der Waals surface area contributed by atoms with Crippen molar-refractivity contribution in [2.75, 3.05) is 11.1 Å². The highest BCUT2D eigenvalue weighted by Gasteiger charge is 2.32. The Morgan fingerprint density at radius 1 is 1.00 bits per heavy atom. The molecule has 4 rings (SSSR count). The molecule has 0 unspecified atom stereocenters. The second-order valence-corrected chi connectivity index (χ2v) is 7.54. The zero-order valence-electron chi connectivity index (χ0n) is 16.9. The van der Waals surface area contributed by atoms with Gasteiger partial charge in [-0.1, -0.05) is 42.1 Å². The van der Waals surface area contributed by atoms with Crippen molar-refractivity contribution < 1.29 is 22.7 Å². The summed E-state index contributed by atoms with van der Waals surface area (Å²) < 4.78 is 43.6. The topological polar surface area (TPSA) is 81.9 Å². The van der Waals surface area contributed by atoms with Gasteiger partial charge < -0.3 is 10.1 Å². The van der Waals surface area contributed by atoms with Crippen LogP contribution in [0.3, 0.4) is 0 Å². The summed E-state index contributed by atoms with van der Waals surface area (Å²) >= 11 is 1.10. The molecule has 0 spiro atoms. The number of nitrogens with one attached hydrogen (secondary N) is 1. The molecule has 1 N–H and O–H groups in total. The van der Waals surface area contributed by atoms with E-state index in [1.54, 1.807) is 23.0 Å². The van der Waals surface area contributed by atoms with Crippen molar-refractivity contribution >= 4 is 23.4 Å². The van der Waals surface area contributed by atoms with Crippen LogP contribution in [-0.2, 0) is 4.79 Å². The number of ether oxygens (including phenoxy) is 1. The predicted octanol–water partition coefficient (Wildman–Crippen LogP) is 4.96. The number of carbonyl (C=O) groups is 1. The van der Waals surface area contributed by atoms with Crippen molar-refractivity contribution in [1.82, 2.24) is 19.7 Å². The predicted molar refractivity (Wildman–Crippen MR) is 117 cm³/mol. The molecule has 0 aliphatic carbocycles. The van der Waals surface area contributed by atoms with Gasteiger partial charge in [0.1, 0.15) is 0 Å². The third kappa shape index (κ3) is 5.69. The van der Waals surface area contributed by atoms with Crippen molar-refractivity contribution in [2.45, 2.75) is 11.5 Å². The lowest BCUT2D eigenvalue weighted by Gasteiger charge is -2.14. The molecule has 1 amide bonds. The van der Waals surface area contributed by atoms with Crippen LogP contribution in [0.4, 0.5) is 18.9 Å². The standard InChI is InChI=1S/C22H16F3N5O2S/c23-22(24,25)32-18-11-5-4-10-17(18)27-19(31)14-33-21-29-28-20(15-7-6-12-26-13-15)30(21)16-8-2-1-3-9-16/h1-13H,14H2,(H,27,31). The molecule has 0 fully saturated rings. The number of benzene rings is 2. The van der Waals surface area contributed by atoms with Crippen LogP contribution >= 0.6 is 11.8 Å². The highest BCUT2D eigenvalue weighted by atomic mass is 32.2. The average Bonchev–Trinajstić information content (AvgIpc) is 3.23. The van der Waals surface area contributed by atoms with E-state index in [1.165, 1.54) is 18.2 Å². The molecule has 0 bridgehead atoms. The number of para-hydroxylation sites is 3. The van der Waals surface area contributed by atoms with Gasteiger partial charge >= 0.3 is 6.36 Å². The number of pyridine rings is 1. The van der Waals surface area contributed by atoms with E-state index in [2.05, 4.69) is 25.2 Å². The van der Waals surface area contributed by atoms with Crippen LogP contribution < -0.4 is 10.1 Å². The molecule has 0 radical (unpaired) electrons. The molecular weight excluding hydrogens is 455 g/mol. The minimum Gasteiger partial charge on any atom is -0.404 e. The van der Waals surface area contributed by atoms with Gasteiger partial charge in [-0.25, -0.2) is 0 Å². The van der Waals surface area contributed by atoms with E-state index in [-0.39, 0.29) is 11.4 Å². The summed E-state index contributed by atoms with van der Waals surface area (Å²) in [5, 5.41) is 11.4. The fourth-order valence-corrected chi connectivity index (χ4v) is 3.71. The summed E-state index contributed by atoms with van der Waals surface area (Å²) in [4.78, 5) is 16.6. The highest BCUT2D eigenvalue weighted by molar-refractivity contribution is 7.99. The van der Waals surface area contributed by atoms with Crippen molar-refractivity contribution in [1.29, 1.82) is 0 Å². The number of carbonyl (C=O) groups excluding carboxylic acids is 1. The van der Waals surface area contributed by atoms with E-state index < -0.39 is 18.0 Å². The minimum atomic E-state index is -4.87. The average molecular weight is 471 g/mol. The van der Waals surface area contributed by atoms with Gasteiger partial charge in [0.15, 0.2) is 16.7 Å². The lowest BCUT2D eigenvalue weighted by atomic mass is 10.2. The Balaban J connectivity index is 1.54. The molecule has 0 aliphatic heterocycles. The molecule has 0 atom stereocenters. The molecular formula is C22H16F3N5O2S. The monoisotopic (exact) mass is 471 g/mol. The Morgan fingerprint density at radius 2 is 1.76 bits per heavy atom. The maximum atomic E-state index is 12.6. The number of halogens is 3. The maximum absolute atomic E-state index is 12.6. The molecule has 2 aromatic heterocycles. The number of anilines is 1. The largest absolute Gasteiger partial charge is 0.573 e. The second kappa shape index (κ2) is 9.74. The van der Waals surface area contributed by atoms with Crippen molar-refractivity contribution in [2.24, 2.45) is 0 Å². The van der Waals surface area contributed by atoms with Crippen LogP contribution in [-0.4, -0.2) is 37.8 Å². The van der Waals surface area contributed by atoms with Crippen LogP contribution in [0.25, 0.3) is 17.1 Å². The summed E-state index contributed by atoms with van der Waals surface area (Å²) in [6, 6.07) is 18.3. The third-order valence-electron chi connectivity index (χ3n) is 4.29. The molecule has 33 heavy (non-hydrogen) atoms. The summed E-state index contributed by atoms with van der Waals surface area (Å²) in [7, 11) is 0. The van der Waals surface area contributed by atoms with E-state index in [4.69, 9.17) is 0 Å². The first kappa shape index (κ1) is 22.3. The summed E-state index contributed by atoms with van der Waals surface area (Å²) in [6.07, 6.45) is -1.57. The molecule has 0 aliphatic rings. The Hall–Kier alpha value is -3.86. The second-order valence-electron chi connectivity index (χ2n) is 6.60. The highest BCUT2D eigenvalue weighted by Crippen LogP contribution is 2.31. The minimum absolute atomic E-state index is 0.0824. The number of hydrogen-bond donors (Lipinski definition) is 1. The first-order valence-corrected chi connectivity index (χ1v) is 10.6. The molecule has 168 valence electrons. The van der Waals surface area contributed by atoms with E-state index in [0.717, 1.165) is 29.1 Å². The third-order valence-corrected chi connectivity index (χ3v) is 5.22. The zero-order chi connectivity index (χ0) is 23.3. The van der Waals surface area contributed by atoms with E-state index in [0.29, 0.717) is 11.0 Å². The van der Waals surface area contributed by atoms with Gasteiger partial charge in [-0.2, -0.15) is 0 Å². The Labute approximate surface area is 190 Å². The molecule has 2 aromatic carbocycles. The SMILES string of the molecule is O=C(CSc1nnc(-c2cccnc2)n1-c1ccccc1)Nc1ccccc1OC(F)(F)F. The number of rotatable bonds is 7. The maximum Gasteiger partial charge on any atom is 0.573 e. The quantitative estimate of drug-likeness (QED) is 0.384. The Kier molecular flexibility index (Phi) is 6.59. The van der Waals surface area contributed by atoms with Crippen LogP contribution in [0.1, 0.15) is 0 Å². The summed E-state index contributed by atoms with van der Waals surface area (Å²) in [5.41, 5.74) is 1.44. The first-order valence-electron chi connectivity index (χ1n) is 9.59. The fraction of sp³-hybridized carbons (Fsp3) is 0.0909. The smallest absolute Gasteiger partial charge is 0.404 e. The fourth-order valence-electron chi connectivity index (χ4n) is 2.96. The Bertz CT molecular complexity index is 1230. The van der Waals surface area contributed by atoms with Gasteiger partial charge in [0.05, 0.1) is 11.4 Å². The van der Waals surface area contributed by atoms with Crippen LogP contribution in [0, 0.1) is 0 Å². The van der Waals surface area contributed by atoms with Gasteiger partial charge in [-0.15, -0.1) is 23.4 Å². The summed E-state index contributed by atoms with van der Waals surface area (Å²) in [6.45, 7) is 0. The van der Waals surface area contributed by atoms with Crippen LogP contribution in [0.15, 0.2) is 84.3 Å². The van der Waals surface area contributed by atoms with E-state index >= 15 is 0 Å². The van der Waals surface area contributed by atoms with Crippen molar-refractivity contribution in [3.05, 3.63) is 79.1 Å². The van der Waals surface area contributed by atoms with E-state index in [1.807, 2.05) is 36.4 Å². The molecule has 4 aromatic rings. The van der Waals surface area contributed by atoms with Gasteiger partial charge in [0.2, 0.25) is 5.91 Å². The number of hydrogen-bond acceptors (Lipinski definition) is 6.